The van der Waals surface area contributed by atoms with Crippen molar-refractivity contribution in [3.8, 4) is 10.6 Å². The zero-order valence-corrected chi connectivity index (χ0v) is 14.6. The van der Waals surface area contributed by atoms with E-state index in [1.165, 1.54) is 11.3 Å². The number of aryl methyl sites for hydroxylation is 2. The molecule has 2 unspecified atom stereocenters. The normalized spacial score (nSPS) is 21.7. The van der Waals surface area contributed by atoms with Gasteiger partial charge in [-0.25, -0.2) is 4.98 Å². The fourth-order valence-electron chi connectivity index (χ4n) is 3.12. The maximum Gasteiger partial charge on any atom is 0.266 e. The summed E-state index contributed by atoms with van der Waals surface area (Å²) in [6.45, 7) is 5.42. The Morgan fingerprint density at radius 3 is 2.96 bits per heavy atom. The number of nitrogens with zero attached hydrogens (tertiary/aromatic N) is 4. The minimum absolute atomic E-state index is 0.0671. The molecule has 6 nitrogen and oxygen atoms in total. The highest BCUT2D eigenvalue weighted by molar-refractivity contribution is 7.17. The van der Waals surface area contributed by atoms with Crippen molar-refractivity contribution < 1.29 is 4.79 Å². The van der Waals surface area contributed by atoms with Gasteiger partial charge < -0.3 is 10.6 Å². The van der Waals surface area contributed by atoms with Crippen LogP contribution in [0, 0.1) is 12.8 Å². The first kappa shape index (κ1) is 16.1. The first-order valence-corrected chi connectivity index (χ1v) is 8.78. The Morgan fingerprint density at radius 1 is 1.52 bits per heavy atom. The molecule has 1 saturated heterocycles. The summed E-state index contributed by atoms with van der Waals surface area (Å²) in [6, 6.07) is 0.134. The molecule has 0 radical (unpaired) electrons. The number of amides is 1. The van der Waals surface area contributed by atoms with Gasteiger partial charge in [0.05, 0.1) is 11.9 Å². The lowest BCUT2D eigenvalue weighted by Gasteiger charge is -2.37. The predicted molar refractivity (Wildman–Crippen MR) is 91.3 cm³/mol. The van der Waals surface area contributed by atoms with Crippen LogP contribution in [0.1, 0.15) is 35.1 Å². The maximum atomic E-state index is 13.0. The van der Waals surface area contributed by atoms with E-state index in [9.17, 15) is 4.79 Å². The molecule has 1 fully saturated rings. The van der Waals surface area contributed by atoms with E-state index >= 15 is 0 Å². The fourth-order valence-corrected chi connectivity index (χ4v) is 4.12. The molecule has 2 N–H and O–H groups in total. The molecule has 124 valence electrons. The van der Waals surface area contributed by atoms with E-state index in [1.54, 1.807) is 10.9 Å². The molecule has 0 saturated carbocycles. The lowest BCUT2D eigenvalue weighted by atomic mass is 9.92. The number of hydrogen-bond acceptors (Lipinski definition) is 5. The number of aromatic nitrogens is 3. The van der Waals surface area contributed by atoms with Gasteiger partial charge in [0.1, 0.15) is 9.88 Å². The van der Waals surface area contributed by atoms with Gasteiger partial charge in [-0.3, -0.25) is 9.48 Å². The maximum absolute atomic E-state index is 13.0. The average molecular weight is 333 g/mol. The molecular formula is C16H23N5OS. The molecule has 0 aliphatic carbocycles. The molecule has 2 aromatic heterocycles. The molecule has 2 aromatic rings. The topological polar surface area (TPSA) is 77.0 Å². The average Bonchev–Trinajstić information content (AvgIpc) is 3.12. The summed E-state index contributed by atoms with van der Waals surface area (Å²) in [5, 5.41) is 5.01. The van der Waals surface area contributed by atoms with Gasteiger partial charge in [0, 0.05) is 37.9 Å². The van der Waals surface area contributed by atoms with Crippen LogP contribution in [-0.4, -0.2) is 44.7 Å². The van der Waals surface area contributed by atoms with Gasteiger partial charge in [0.2, 0.25) is 0 Å². The van der Waals surface area contributed by atoms with Crippen LogP contribution in [-0.2, 0) is 7.05 Å². The molecule has 1 aliphatic heterocycles. The van der Waals surface area contributed by atoms with Crippen molar-refractivity contribution in [2.75, 3.05) is 13.1 Å². The summed E-state index contributed by atoms with van der Waals surface area (Å²) in [5.74, 6) is 0.693. The summed E-state index contributed by atoms with van der Waals surface area (Å²) in [4.78, 5) is 20.2. The third-order valence-electron chi connectivity index (χ3n) is 4.45. The van der Waals surface area contributed by atoms with Crippen LogP contribution in [0.4, 0.5) is 0 Å². The zero-order chi connectivity index (χ0) is 16.6. The van der Waals surface area contributed by atoms with E-state index in [1.807, 2.05) is 25.1 Å². The summed E-state index contributed by atoms with van der Waals surface area (Å²) < 4.78 is 1.74. The van der Waals surface area contributed by atoms with Crippen molar-refractivity contribution in [2.24, 2.45) is 18.7 Å². The van der Waals surface area contributed by atoms with Gasteiger partial charge in [-0.15, -0.1) is 11.3 Å². The van der Waals surface area contributed by atoms with Crippen LogP contribution in [0.2, 0.25) is 0 Å². The fraction of sp³-hybridized carbons (Fsp3) is 0.562. The molecule has 0 aromatic carbocycles. The van der Waals surface area contributed by atoms with E-state index in [2.05, 4.69) is 17.0 Å². The second-order valence-corrected chi connectivity index (χ2v) is 7.35. The molecule has 1 aliphatic rings. The van der Waals surface area contributed by atoms with Gasteiger partial charge >= 0.3 is 0 Å². The number of carbonyl (C=O) groups excluding carboxylic acids is 1. The van der Waals surface area contributed by atoms with Crippen molar-refractivity contribution in [1.29, 1.82) is 0 Å². The van der Waals surface area contributed by atoms with Crippen molar-refractivity contribution in [3.63, 3.8) is 0 Å². The summed E-state index contributed by atoms with van der Waals surface area (Å²) in [5.41, 5.74) is 7.62. The van der Waals surface area contributed by atoms with Gasteiger partial charge in [-0.2, -0.15) is 5.10 Å². The number of nitrogens with two attached hydrogens (primary N) is 1. The van der Waals surface area contributed by atoms with Crippen LogP contribution in [0.25, 0.3) is 10.6 Å². The van der Waals surface area contributed by atoms with Crippen molar-refractivity contribution in [3.05, 3.63) is 23.0 Å². The van der Waals surface area contributed by atoms with E-state index in [0.29, 0.717) is 12.5 Å². The summed E-state index contributed by atoms with van der Waals surface area (Å²) >= 11 is 1.44. The zero-order valence-electron chi connectivity index (χ0n) is 13.8. The van der Waals surface area contributed by atoms with Crippen LogP contribution < -0.4 is 5.73 Å². The van der Waals surface area contributed by atoms with Gasteiger partial charge in [-0.05, 0) is 25.7 Å². The molecule has 0 bridgehead atoms. The Kier molecular flexibility index (Phi) is 4.50. The van der Waals surface area contributed by atoms with E-state index < -0.39 is 0 Å². The minimum atomic E-state index is 0.0671. The van der Waals surface area contributed by atoms with E-state index in [4.69, 9.17) is 5.73 Å². The number of carbonyl (C=O) groups is 1. The largest absolute Gasteiger partial charge is 0.334 e. The second-order valence-electron chi connectivity index (χ2n) is 6.35. The van der Waals surface area contributed by atoms with Crippen molar-refractivity contribution in [1.82, 2.24) is 19.7 Å². The monoisotopic (exact) mass is 333 g/mol. The van der Waals surface area contributed by atoms with Gasteiger partial charge in [-0.1, -0.05) is 6.92 Å². The smallest absolute Gasteiger partial charge is 0.266 e. The van der Waals surface area contributed by atoms with Gasteiger partial charge in [0.25, 0.3) is 5.91 Å². The number of rotatable bonds is 3. The molecule has 3 rings (SSSR count). The number of hydrogen-bond donors (Lipinski definition) is 1. The highest BCUT2D eigenvalue weighted by atomic mass is 32.1. The third kappa shape index (κ3) is 3.16. The molecular weight excluding hydrogens is 310 g/mol. The molecule has 23 heavy (non-hydrogen) atoms. The Labute approximate surface area is 140 Å². The number of thiazole rings is 1. The third-order valence-corrected chi connectivity index (χ3v) is 5.65. The van der Waals surface area contributed by atoms with Crippen molar-refractivity contribution >= 4 is 17.2 Å². The molecule has 1 amide bonds. The highest BCUT2D eigenvalue weighted by Crippen LogP contribution is 2.31. The first-order valence-electron chi connectivity index (χ1n) is 7.97. The number of likely N-dealkylation sites (tertiary alicyclic amines) is 1. The molecule has 7 heteroatoms. The second kappa shape index (κ2) is 6.41. The van der Waals surface area contributed by atoms with Crippen LogP contribution in [0.5, 0.6) is 0 Å². The van der Waals surface area contributed by atoms with Crippen LogP contribution >= 0.6 is 11.3 Å². The van der Waals surface area contributed by atoms with E-state index in [-0.39, 0.29) is 11.9 Å². The number of piperidine rings is 1. The lowest BCUT2D eigenvalue weighted by Crippen LogP contribution is -2.49. The van der Waals surface area contributed by atoms with Crippen LogP contribution in [0.3, 0.4) is 0 Å². The Balaban J connectivity index is 1.86. The quantitative estimate of drug-likeness (QED) is 0.932. The highest BCUT2D eigenvalue weighted by Gasteiger charge is 2.31. The van der Waals surface area contributed by atoms with Crippen LogP contribution in [0.15, 0.2) is 12.4 Å². The summed E-state index contributed by atoms with van der Waals surface area (Å²) in [6.07, 6.45) is 5.71. The summed E-state index contributed by atoms with van der Waals surface area (Å²) in [7, 11) is 1.87. The SMILES string of the molecule is Cc1nc(-c2cnn(C)c2)sc1C(=O)N1CCC(C)CC1CN. The molecule has 2 atom stereocenters. The lowest BCUT2D eigenvalue weighted by molar-refractivity contribution is 0.0577. The Hall–Kier alpha value is -1.73. The van der Waals surface area contributed by atoms with Gasteiger partial charge in [0.15, 0.2) is 0 Å². The predicted octanol–water partition coefficient (Wildman–Crippen LogP) is 2.05. The Morgan fingerprint density at radius 2 is 2.30 bits per heavy atom. The standard InChI is InChI=1S/C16H23N5OS/c1-10-4-5-21(13(6-10)7-17)16(22)14-11(2)19-15(23-14)12-8-18-20(3)9-12/h8-10,13H,4-7,17H2,1-3H3. The molecule has 0 spiro atoms. The molecule has 3 heterocycles. The Bertz CT molecular complexity index is 707. The first-order chi connectivity index (χ1) is 11.0. The van der Waals surface area contributed by atoms with E-state index in [0.717, 1.165) is 40.5 Å². The van der Waals surface area contributed by atoms with Crippen molar-refractivity contribution in [2.45, 2.75) is 32.7 Å². The minimum Gasteiger partial charge on any atom is -0.334 e.